The zero-order valence-corrected chi connectivity index (χ0v) is 13.8. The fourth-order valence-electron chi connectivity index (χ4n) is 1.64. The van der Waals surface area contributed by atoms with E-state index in [1.165, 1.54) is 16.7 Å². The van der Waals surface area contributed by atoms with Crippen LogP contribution < -0.4 is 9.46 Å². The monoisotopic (exact) mass is 340 g/mol. The molecule has 0 bridgehead atoms. The minimum absolute atomic E-state index is 0.0803. The number of nitrogens with one attached hydrogen (secondary N) is 1. The summed E-state index contributed by atoms with van der Waals surface area (Å²) in [6.45, 7) is 2.69. The number of sulfonamides is 1. The van der Waals surface area contributed by atoms with Gasteiger partial charge in [-0.3, -0.25) is 4.79 Å². The van der Waals surface area contributed by atoms with Gasteiger partial charge in [-0.1, -0.05) is 6.92 Å². The number of nitrogens with zero attached hydrogens (tertiary/aromatic N) is 1. The van der Waals surface area contributed by atoms with Gasteiger partial charge >= 0.3 is 0 Å². The summed E-state index contributed by atoms with van der Waals surface area (Å²) in [6, 6.07) is 7.37. The summed E-state index contributed by atoms with van der Waals surface area (Å²) in [5.74, 6) is 0.0464. The Kier molecular flexibility index (Phi) is 5.15. The largest absolute Gasteiger partial charge is 0.494 e. The minimum atomic E-state index is -3.59. The Bertz CT molecular complexity index is 751. The van der Waals surface area contributed by atoms with Crippen LogP contribution in [0, 0.1) is 0 Å². The molecule has 0 aliphatic heterocycles. The number of hydrogen-bond acceptors (Lipinski definition) is 6. The van der Waals surface area contributed by atoms with Crippen LogP contribution in [0.5, 0.6) is 5.75 Å². The highest BCUT2D eigenvalue weighted by Gasteiger charge is 2.15. The normalized spacial score (nSPS) is 11.2. The Morgan fingerprint density at radius 2 is 2.00 bits per heavy atom. The van der Waals surface area contributed by atoms with Gasteiger partial charge in [-0.05, 0) is 30.7 Å². The van der Waals surface area contributed by atoms with Gasteiger partial charge in [-0.25, -0.2) is 18.1 Å². The van der Waals surface area contributed by atoms with Crippen LogP contribution >= 0.6 is 11.3 Å². The van der Waals surface area contributed by atoms with Gasteiger partial charge in [0.05, 0.1) is 12.9 Å². The molecule has 0 atom stereocenters. The van der Waals surface area contributed by atoms with E-state index in [1.807, 2.05) is 35.9 Å². The van der Waals surface area contributed by atoms with Gasteiger partial charge in [-0.15, -0.1) is 11.3 Å². The number of benzene rings is 1. The third-order valence-corrected chi connectivity index (χ3v) is 4.04. The van der Waals surface area contributed by atoms with Crippen LogP contribution in [0.15, 0.2) is 29.6 Å². The standard InChI is InChI=1S/C14H16N2O4S2/c1-3-8-20-11-6-4-10(5-7-11)14-15-12(9-21-14)13(17)16-22(2,18)19/h4-7,9H,3,8H2,1-2H3,(H,16,17). The molecule has 0 aliphatic carbocycles. The summed E-state index contributed by atoms with van der Waals surface area (Å²) in [6.07, 6.45) is 1.86. The second kappa shape index (κ2) is 6.89. The molecule has 2 aromatic rings. The number of carbonyl (C=O) groups excluding carboxylic acids is 1. The number of amides is 1. The van der Waals surface area contributed by atoms with E-state index in [4.69, 9.17) is 4.74 Å². The predicted octanol–water partition coefficient (Wildman–Crippen LogP) is 2.29. The molecule has 8 heteroatoms. The molecule has 1 aromatic carbocycles. The van der Waals surface area contributed by atoms with Gasteiger partial charge in [-0.2, -0.15) is 0 Å². The smallest absolute Gasteiger partial charge is 0.284 e. The third kappa shape index (κ3) is 4.54. The fourth-order valence-corrected chi connectivity index (χ4v) is 2.89. The van der Waals surface area contributed by atoms with E-state index in [9.17, 15) is 13.2 Å². The Labute approximate surface area is 133 Å². The van der Waals surface area contributed by atoms with E-state index in [0.717, 1.165) is 24.0 Å². The zero-order chi connectivity index (χ0) is 16.2. The molecule has 0 radical (unpaired) electrons. The summed E-state index contributed by atoms with van der Waals surface area (Å²) in [5, 5.41) is 2.16. The molecule has 2 rings (SSSR count). The van der Waals surface area contributed by atoms with Gasteiger partial charge in [0.2, 0.25) is 10.0 Å². The van der Waals surface area contributed by atoms with Crippen molar-refractivity contribution in [2.24, 2.45) is 0 Å². The van der Waals surface area contributed by atoms with Crippen molar-refractivity contribution in [3.8, 4) is 16.3 Å². The summed E-state index contributed by atoms with van der Waals surface area (Å²) < 4.78 is 29.5. The maximum absolute atomic E-state index is 11.7. The summed E-state index contributed by atoms with van der Waals surface area (Å²) in [4.78, 5) is 15.9. The lowest BCUT2D eigenvalue weighted by molar-refractivity contribution is 0.0977. The van der Waals surface area contributed by atoms with Crippen LogP contribution in [0.4, 0.5) is 0 Å². The highest BCUT2D eigenvalue weighted by molar-refractivity contribution is 7.89. The minimum Gasteiger partial charge on any atom is -0.494 e. The Hall–Kier alpha value is -1.93. The van der Waals surface area contributed by atoms with Gasteiger partial charge < -0.3 is 4.74 Å². The second-order valence-electron chi connectivity index (χ2n) is 4.61. The molecule has 0 spiro atoms. The molecule has 0 unspecified atom stereocenters. The number of carbonyl (C=O) groups is 1. The first-order chi connectivity index (χ1) is 10.4. The topological polar surface area (TPSA) is 85.4 Å². The third-order valence-electron chi connectivity index (χ3n) is 2.59. The fraction of sp³-hybridized carbons (Fsp3) is 0.286. The molecular weight excluding hydrogens is 324 g/mol. The molecule has 0 saturated carbocycles. The molecule has 0 saturated heterocycles. The van der Waals surface area contributed by atoms with Gasteiger partial charge in [0.15, 0.2) is 0 Å². The van der Waals surface area contributed by atoms with Crippen LogP contribution in [-0.4, -0.2) is 32.2 Å². The SMILES string of the molecule is CCCOc1ccc(-c2nc(C(=O)NS(C)(=O)=O)cs2)cc1. The van der Waals surface area contributed by atoms with Crippen LogP contribution in [0.1, 0.15) is 23.8 Å². The molecule has 0 fully saturated rings. The van der Waals surface area contributed by atoms with Gasteiger partial charge in [0.1, 0.15) is 16.5 Å². The molecule has 22 heavy (non-hydrogen) atoms. The Morgan fingerprint density at radius 3 is 2.59 bits per heavy atom. The molecule has 118 valence electrons. The molecule has 6 nitrogen and oxygen atoms in total. The zero-order valence-electron chi connectivity index (χ0n) is 12.2. The van der Waals surface area contributed by atoms with E-state index >= 15 is 0 Å². The van der Waals surface area contributed by atoms with E-state index in [1.54, 1.807) is 0 Å². The first kappa shape index (κ1) is 16.4. The highest BCUT2D eigenvalue weighted by Crippen LogP contribution is 2.25. The van der Waals surface area contributed by atoms with Crippen LogP contribution in [0.3, 0.4) is 0 Å². The predicted molar refractivity (Wildman–Crippen MR) is 85.6 cm³/mol. The van der Waals surface area contributed by atoms with Crippen LogP contribution in [-0.2, 0) is 10.0 Å². The number of hydrogen-bond donors (Lipinski definition) is 1. The van der Waals surface area contributed by atoms with Crippen molar-refractivity contribution in [2.45, 2.75) is 13.3 Å². The number of thiazole rings is 1. The van der Waals surface area contributed by atoms with Crippen molar-refractivity contribution >= 4 is 27.3 Å². The van der Waals surface area contributed by atoms with Crippen LogP contribution in [0.2, 0.25) is 0 Å². The Balaban J connectivity index is 2.12. The van der Waals surface area contributed by atoms with Crippen molar-refractivity contribution in [3.63, 3.8) is 0 Å². The molecule has 1 amide bonds. The van der Waals surface area contributed by atoms with Gasteiger partial charge in [0, 0.05) is 10.9 Å². The molecule has 1 heterocycles. The average Bonchev–Trinajstić information content (AvgIpc) is 2.94. The van der Waals surface area contributed by atoms with Gasteiger partial charge in [0.25, 0.3) is 5.91 Å². The van der Waals surface area contributed by atoms with Crippen molar-refractivity contribution in [3.05, 3.63) is 35.3 Å². The molecule has 1 aromatic heterocycles. The van der Waals surface area contributed by atoms with Crippen molar-refractivity contribution in [1.82, 2.24) is 9.71 Å². The maximum atomic E-state index is 11.7. The van der Waals surface area contributed by atoms with E-state index in [2.05, 4.69) is 4.98 Å². The Morgan fingerprint density at radius 1 is 1.32 bits per heavy atom. The highest BCUT2D eigenvalue weighted by atomic mass is 32.2. The van der Waals surface area contributed by atoms with E-state index in [-0.39, 0.29) is 5.69 Å². The molecule has 0 aliphatic rings. The lowest BCUT2D eigenvalue weighted by Crippen LogP contribution is -2.29. The molecule has 1 N–H and O–H groups in total. The van der Waals surface area contributed by atoms with E-state index < -0.39 is 15.9 Å². The summed E-state index contributed by atoms with van der Waals surface area (Å²) >= 11 is 1.27. The van der Waals surface area contributed by atoms with Crippen molar-refractivity contribution < 1.29 is 17.9 Å². The average molecular weight is 340 g/mol. The lowest BCUT2D eigenvalue weighted by Gasteiger charge is -2.04. The lowest BCUT2D eigenvalue weighted by atomic mass is 10.2. The van der Waals surface area contributed by atoms with Crippen molar-refractivity contribution in [1.29, 1.82) is 0 Å². The van der Waals surface area contributed by atoms with Crippen molar-refractivity contribution in [2.75, 3.05) is 12.9 Å². The summed E-state index contributed by atoms with van der Waals surface area (Å²) in [5.41, 5.74) is 0.920. The first-order valence-corrected chi connectivity index (χ1v) is 9.37. The first-order valence-electron chi connectivity index (χ1n) is 6.60. The number of ether oxygens (including phenoxy) is 1. The second-order valence-corrected chi connectivity index (χ2v) is 7.22. The number of aromatic nitrogens is 1. The summed E-state index contributed by atoms with van der Waals surface area (Å²) in [7, 11) is -3.59. The maximum Gasteiger partial charge on any atom is 0.284 e. The number of rotatable bonds is 6. The molecular formula is C14H16N2O4S2. The quantitative estimate of drug-likeness (QED) is 0.872. The van der Waals surface area contributed by atoms with E-state index in [0.29, 0.717) is 11.6 Å². The van der Waals surface area contributed by atoms with Crippen LogP contribution in [0.25, 0.3) is 10.6 Å².